The van der Waals surface area contributed by atoms with Crippen molar-refractivity contribution in [2.24, 2.45) is 5.41 Å². The van der Waals surface area contributed by atoms with E-state index in [1.54, 1.807) is 0 Å². The van der Waals surface area contributed by atoms with E-state index in [0.717, 1.165) is 17.3 Å². The largest absolute Gasteiger partial charge is 0.345 e. The van der Waals surface area contributed by atoms with Crippen molar-refractivity contribution in [3.63, 3.8) is 0 Å². The maximum absolute atomic E-state index is 4.56. The fourth-order valence-corrected chi connectivity index (χ4v) is 2.04. The van der Waals surface area contributed by atoms with Crippen LogP contribution in [0.1, 0.15) is 53.1 Å². The summed E-state index contributed by atoms with van der Waals surface area (Å²) in [5, 5.41) is 2.12. The summed E-state index contributed by atoms with van der Waals surface area (Å²) in [7, 11) is 0. The van der Waals surface area contributed by atoms with Crippen molar-refractivity contribution >= 4 is 17.8 Å². The number of thioether (sulfide) groups is 1. The molecule has 96 valence electrons. The molecule has 1 N–H and O–H groups in total. The third-order valence-corrected chi connectivity index (χ3v) is 3.57. The second-order valence-electron chi connectivity index (χ2n) is 6.60. The first-order valence-electron chi connectivity index (χ1n) is 6.02. The fraction of sp³-hybridized carbons (Fsp3) is 0.643. The molecular weight excluding hydrogens is 228 g/mol. The van der Waals surface area contributed by atoms with Gasteiger partial charge in [-0.1, -0.05) is 41.5 Å². The molecule has 2 nitrogen and oxygen atoms in total. The van der Waals surface area contributed by atoms with Crippen molar-refractivity contribution in [2.45, 2.75) is 47.0 Å². The number of aromatic amines is 1. The molecular formula is C14H24N2S. The molecule has 0 fully saturated rings. The summed E-state index contributed by atoms with van der Waals surface area (Å²) in [6.45, 7) is 13.3. The summed E-state index contributed by atoms with van der Waals surface area (Å²) in [6.07, 6.45) is 4.04. The number of imidazole rings is 1. The van der Waals surface area contributed by atoms with E-state index in [9.17, 15) is 0 Å². The van der Waals surface area contributed by atoms with E-state index < -0.39 is 0 Å². The van der Waals surface area contributed by atoms with E-state index in [2.05, 4.69) is 56.9 Å². The summed E-state index contributed by atoms with van der Waals surface area (Å²) in [5.41, 5.74) is 1.59. The Morgan fingerprint density at radius 1 is 1.24 bits per heavy atom. The Bertz CT molecular complexity index is 378. The van der Waals surface area contributed by atoms with Crippen LogP contribution in [0.25, 0.3) is 6.08 Å². The van der Waals surface area contributed by atoms with Crippen LogP contribution in [0.2, 0.25) is 0 Å². The predicted molar refractivity (Wildman–Crippen MR) is 78.2 cm³/mol. The van der Waals surface area contributed by atoms with Gasteiger partial charge in [0.2, 0.25) is 0 Å². The molecule has 3 heteroatoms. The number of aromatic nitrogens is 2. The first kappa shape index (κ1) is 14.4. The van der Waals surface area contributed by atoms with Crippen LogP contribution in [0.4, 0.5) is 0 Å². The smallest absolute Gasteiger partial charge is 0.130 e. The van der Waals surface area contributed by atoms with Crippen LogP contribution in [0.5, 0.6) is 0 Å². The molecule has 17 heavy (non-hydrogen) atoms. The first-order valence-corrected chi connectivity index (χ1v) is 7.07. The lowest BCUT2D eigenvalue weighted by Gasteiger charge is -2.15. The van der Waals surface area contributed by atoms with Crippen molar-refractivity contribution < 1.29 is 0 Å². The van der Waals surface area contributed by atoms with Crippen LogP contribution in [0.3, 0.4) is 0 Å². The number of rotatable bonds is 3. The molecule has 1 rings (SSSR count). The van der Waals surface area contributed by atoms with Crippen LogP contribution < -0.4 is 0 Å². The highest BCUT2D eigenvalue weighted by atomic mass is 32.2. The zero-order chi connectivity index (χ0) is 13.1. The van der Waals surface area contributed by atoms with Crippen LogP contribution in [-0.2, 0) is 5.41 Å². The predicted octanol–water partition coefficient (Wildman–Crippen LogP) is 4.46. The Morgan fingerprint density at radius 3 is 2.35 bits per heavy atom. The Balaban J connectivity index is 2.53. The van der Waals surface area contributed by atoms with E-state index in [0.29, 0.717) is 5.41 Å². The minimum absolute atomic E-state index is 0.112. The molecule has 0 saturated heterocycles. The second kappa shape index (κ2) is 5.30. The summed E-state index contributed by atoms with van der Waals surface area (Å²) in [6, 6.07) is 0. The highest BCUT2D eigenvalue weighted by Gasteiger charge is 2.16. The van der Waals surface area contributed by atoms with Crippen molar-refractivity contribution in [3.05, 3.63) is 23.1 Å². The number of H-pyrrole nitrogens is 1. The highest BCUT2D eigenvalue weighted by molar-refractivity contribution is 8.02. The number of hydrogen-bond donors (Lipinski definition) is 1. The van der Waals surface area contributed by atoms with Crippen molar-refractivity contribution in [2.75, 3.05) is 5.75 Å². The van der Waals surface area contributed by atoms with Crippen LogP contribution in [0, 0.1) is 5.41 Å². The van der Waals surface area contributed by atoms with Crippen LogP contribution >= 0.6 is 11.8 Å². The number of nitrogens with zero attached hydrogens (tertiary/aromatic N) is 1. The minimum Gasteiger partial charge on any atom is -0.345 e. The molecule has 0 radical (unpaired) electrons. The average Bonchev–Trinajstić information content (AvgIpc) is 2.58. The summed E-state index contributed by atoms with van der Waals surface area (Å²) in [5.74, 6) is 2.06. The molecule has 0 aliphatic carbocycles. The van der Waals surface area contributed by atoms with Gasteiger partial charge in [-0.05, 0) is 16.9 Å². The second-order valence-corrected chi connectivity index (χ2v) is 7.49. The normalized spacial score (nSPS) is 13.5. The molecule has 1 aromatic rings. The van der Waals surface area contributed by atoms with Gasteiger partial charge in [-0.2, -0.15) is 0 Å². The average molecular weight is 252 g/mol. The van der Waals surface area contributed by atoms with E-state index in [4.69, 9.17) is 0 Å². The molecule has 0 spiro atoms. The molecule has 0 saturated carbocycles. The zero-order valence-electron chi connectivity index (χ0n) is 11.8. The lowest BCUT2D eigenvalue weighted by Crippen LogP contribution is -2.11. The molecule has 0 bridgehead atoms. The maximum atomic E-state index is 4.56. The monoisotopic (exact) mass is 252 g/mol. The van der Waals surface area contributed by atoms with Gasteiger partial charge in [-0.15, -0.1) is 11.8 Å². The third kappa shape index (κ3) is 5.44. The van der Waals surface area contributed by atoms with Gasteiger partial charge in [0, 0.05) is 17.4 Å². The lowest BCUT2D eigenvalue weighted by atomic mass is 9.93. The van der Waals surface area contributed by atoms with Gasteiger partial charge in [0.05, 0.1) is 5.69 Å². The van der Waals surface area contributed by atoms with E-state index in [1.165, 1.54) is 0 Å². The quantitative estimate of drug-likeness (QED) is 0.860. The SMILES string of the molecule is CC(C)(C)CSC=Cc1nc(C(C)(C)C)c[nH]1. The van der Waals surface area contributed by atoms with Crippen LogP contribution in [0.15, 0.2) is 11.6 Å². The topological polar surface area (TPSA) is 28.7 Å². The maximum Gasteiger partial charge on any atom is 0.130 e. The summed E-state index contributed by atoms with van der Waals surface area (Å²) in [4.78, 5) is 7.76. The van der Waals surface area contributed by atoms with E-state index in [-0.39, 0.29) is 5.41 Å². The van der Waals surface area contributed by atoms with Gasteiger partial charge in [-0.3, -0.25) is 0 Å². The molecule has 0 aliphatic rings. The van der Waals surface area contributed by atoms with Gasteiger partial charge in [0.1, 0.15) is 5.82 Å². The Labute approximate surface area is 109 Å². The summed E-state index contributed by atoms with van der Waals surface area (Å²) >= 11 is 1.83. The highest BCUT2D eigenvalue weighted by Crippen LogP contribution is 2.22. The van der Waals surface area contributed by atoms with Gasteiger partial charge in [0.15, 0.2) is 0 Å². The Kier molecular flexibility index (Phi) is 4.48. The Hall–Kier alpha value is -0.700. The van der Waals surface area contributed by atoms with E-state index >= 15 is 0 Å². The fourth-order valence-electron chi connectivity index (χ4n) is 1.22. The van der Waals surface area contributed by atoms with Gasteiger partial charge in [0.25, 0.3) is 0 Å². The minimum atomic E-state index is 0.112. The van der Waals surface area contributed by atoms with Gasteiger partial charge in [-0.25, -0.2) is 4.98 Å². The zero-order valence-corrected chi connectivity index (χ0v) is 12.6. The molecule has 0 atom stereocenters. The number of hydrogen-bond acceptors (Lipinski definition) is 2. The molecule has 0 unspecified atom stereocenters. The lowest BCUT2D eigenvalue weighted by molar-refractivity contribution is 0.481. The van der Waals surface area contributed by atoms with Crippen molar-refractivity contribution in [1.82, 2.24) is 9.97 Å². The van der Waals surface area contributed by atoms with E-state index in [1.807, 2.05) is 24.0 Å². The standard InChI is InChI=1S/C14H24N2S/c1-13(2,3)10-17-8-7-12-15-9-11(16-12)14(4,5)6/h7-9H,10H2,1-6H3,(H,15,16). The molecule has 0 amide bonds. The van der Waals surface area contributed by atoms with Crippen molar-refractivity contribution in [3.8, 4) is 0 Å². The molecule has 0 aromatic carbocycles. The van der Waals surface area contributed by atoms with Crippen LogP contribution in [-0.4, -0.2) is 15.7 Å². The Morgan fingerprint density at radius 2 is 1.88 bits per heavy atom. The summed E-state index contributed by atoms with van der Waals surface area (Å²) < 4.78 is 0. The van der Waals surface area contributed by atoms with Gasteiger partial charge >= 0.3 is 0 Å². The van der Waals surface area contributed by atoms with Gasteiger partial charge < -0.3 is 4.98 Å². The first-order chi connectivity index (χ1) is 7.68. The molecule has 1 aromatic heterocycles. The molecule has 1 heterocycles. The van der Waals surface area contributed by atoms with Crippen molar-refractivity contribution in [1.29, 1.82) is 0 Å². The molecule has 0 aliphatic heterocycles. The third-order valence-electron chi connectivity index (χ3n) is 2.20. The number of nitrogens with one attached hydrogen (secondary N) is 1.